The molecule has 0 aliphatic rings. The van der Waals surface area contributed by atoms with Gasteiger partial charge in [0.25, 0.3) is 5.91 Å². The first-order valence-corrected chi connectivity index (χ1v) is 9.18. The maximum atomic E-state index is 13.1. The van der Waals surface area contributed by atoms with Gasteiger partial charge in [-0.1, -0.05) is 11.6 Å². The molecule has 0 radical (unpaired) electrons. The molecule has 4 aromatic rings. The van der Waals surface area contributed by atoms with Gasteiger partial charge in [-0.2, -0.15) is 0 Å². The van der Waals surface area contributed by atoms with Crippen LogP contribution in [0, 0.1) is 5.82 Å². The number of nitrogens with one attached hydrogen (secondary N) is 2. The summed E-state index contributed by atoms with van der Waals surface area (Å²) < 4.78 is 14.7. The predicted molar refractivity (Wildman–Crippen MR) is 105 cm³/mol. The number of hydrogen-bond donors (Lipinski definition) is 2. The molecule has 0 fully saturated rings. The molecule has 2 aromatic heterocycles. The lowest BCUT2D eigenvalue weighted by Crippen LogP contribution is -2.26. The first-order chi connectivity index (χ1) is 13.6. The van der Waals surface area contributed by atoms with Crippen molar-refractivity contribution in [2.45, 2.75) is 12.8 Å². The number of nitrogens with zero attached hydrogens (tertiary/aromatic N) is 3. The largest absolute Gasteiger partial charge is 0.351 e. The fourth-order valence-electron chi connectivity index (χ4n) is 2.97. The number of amides is 1. The van der Waals surface area contributed by atoms with Crippen molar-refractivity contribution >= 4 is 28.5 Å². The maximum absolute atomic E-state index is 13.1. The average molecular weight is 398 g/mol. The zero-order valence-electron chi connectivity index (χ0n) is 14.8. The number of carbonyl (C=O) groups excluding carboxylic acids is 1. The topological polar surface area (TPSA) is 75.6 Å². The van der Waals surface area contributed by atoms with Gasteiger partial charge in [-0.05, 0) is 48.9 Å². The van der Waals surface area contributed by atoms with Gasteiger partial charge < -0.3 is 10.3 Å². The molecule has 2 N–H and O–H groups in total. The van der Waals surface area contributed by atoms with Gasteiger partial charge in [0.05, 0.1) is 23.6 Å². The van der Waals surface area contributed by atoms with E-state index < -0.39 is 0 Å². The second-order valence-corrected chi connectivity index (χ2v) is 6.77. The smallest absolute Gasteiger partial charge is 0.269 e. The molecule has 0 unspecified atom stereocenters. The van der Waals surface area contributed by atoms with Crippen LogP contribution in [0.25, 0.3) is 16.7 Å². The molecule has 142 valence electrons. The number of aromatic nitrogens is 4. The minimum absolute atomic E-state index is 0.238. The molecular formula is C20H17ClFN5O. The molecule has 2 heterocycles. The summed E-state index contributed by atoms with van der Waals surface area (Å²) in [6, 6.07) is 11.4. The molecule has 0 saturated heterocycles. The summed E-state index contributed by atoms with van der Waals surface area (Å²) in [5, 5.41) is 3.54. The fourth-order valence-corrected chi connectivity index (χ4v) is 3.14. The number of benzene rings is 2. The van der Waals surface area contributed by atoms with Crippen molar-refractivity contribution in [2.24, 2.45) is 0 Å². The summed E-state index contributed by atoms with van der Waals surface area (Å²) in [5.41, 5.74) is 2.83. The van der Waals surface area contributed by atoms with Crippen LogP contribution in [-0.4, -0.2) is 32.0 Å². The second-order valence-electron chi connectivity index (χ2n) is 6.33. The lowest BCUT2D eigenvalue weighted by Gasteiger charge is -2.08. The van der Waals surface area contributed by atoms with Crippen LogP contribution in [0.2, 0.25) is 5.02 Å². The van der Waals surface area contributed by atoms with E-state index in [2.05, 4.69) is 20.3 Å². The third-order valence-electron chi connectivity index (χ3n) is 4.34. The summed E-state index contributed by atoms with van der Waals surface area (Å²) in [6.07, 6.45) is 4.44. The van der Waals surface area contributed by atoms with Crippen LogP contribution >= 0.6 is 11.6 Å². The predicted octanol–water partition coefficient (Wildman–Crippen LogP) is 3.90. The van der Waals surface area contributed by atoms with E-state index in [-0.39, 0.29) is 11.7 Å². The van der Waals surface area contributed by atoms with Crippen molar-refractivity contribution in [1.29, 1.82) is 0 Å². The molecule has 28 heavy (non-hydrogen) atoms. The average Bonchev–Trinajstić information content (AvgIpc) is 3.32. The van der Waals surface area contributed by atoms with Crippen LogP contribution in [-0.2, 0) is 6.42 Å². The monoisotopic (exact) mass is 397 g/mol. The highest BCUT2D eigenvalue weighted by Crippen LogP contribution is 2.17. The lowest BCUT2D eigenvalue weighted by atomic mass is 10.3. The number of hydrogen-bond acceptors (Lipinski definition) is 3. The van der Waals surface area contributed by atoms with Crippen molar-refractivity contribution in [3.63, 3.8) is 0 Å². The number of fused-ring (bicyclic) bond motifs is 1. The summed E-state index contributed by atoms with van der Waals surface area (Å²) in [4.78, 5) is 24.2. The number of aryl methyl sites for hydroxylation is 1. The Morgan fingerprint density at radius 1 is 1.21 bits per heavy atom. The Morgan fingerprint density at radius 3 is 2.86 bits per heavy atom. The molecule has 0 atom stereocenters. The highest BCUT2D eigenvalue weighted by molar-refractivity contribution is 6.31. The lowest BCUT2D eigenvalue weighted by molar-refractivity contribution is 0.0946. The van der Waals surface area contributed by atoms with E-state index in [9.17, 15) is 9.18 Å². The van der Waals surface area contributed by atoms with Crippen molar-refractivity contribution in [3.8, 4) is 5.69 Å². The molecule has 1 amide bonds. The molecule has 0 saturated carbocycles. The fraction of sp³-hybridized carbons (Fsp3) is 0.150. The number of rotatable bonds is 6. The number of carbonyl (C=O) groups is 1. The zero-order valence-corrected chi connectivity index (χ0v) is 15.6. The van der Waals surface area contributed by atoms with Gasteiger partial charge in [-0.3, -0.25) is 9.36 Å². The van der Waals surface area contributed by atoms with Gasteiger partial charge in [0.15, 0.2) is 0 Å². The Bertz CT molecular complexity index is 1120. The highest BCUT2D eigenvalue weighted by atomic mass is 35.5. The Hall–Kier alpha value is -3.19. The van der Waals surface area contributed by atoms with Crippen LogP contribution in [0.4, 0.5) is 4.39 Å². The van der Waals surface area contributed by atoms with Crippen LogP contribution in [0.3, 0.4) is 0 Å². The van der Waals surface area contributed by atoms with Crippen LogP contribution in [0.1, 0.15) is 22.7 Å². The van der Waals surface area contributed by atoms with Crippen LogP contribution in [0.5, 0.6) is 0 Å². The minimum Gasteiger partial charge on any atom is -0.351 e. The summed E-state index contributed by atoms with van der Waals surface area (Å²) in [5.74, 6) is 0.281. The molecule has 0 aliphatic carbocycles. The molecule has 6 nitrogen and oxygen atoms in total. The first-order valence-electron chi connectivity index (χ1n) is 8.81. The SMILES string of the molecule is O=C(NCCCc1nc2ccc(Cl)cc2[nH]1)c1cncn1-c1ccc(F)cc1. The Balaban J connectivity index is 1.34. The Labute approximate surface area is 165 Å². The second kappa shape index (κ2) is 7.82. The van der Waals surface area contributed by atoms with E-state index in [4.69, 9.17) is 11.6 Å². The summed E-state index contributed by atoms with van der Waals surface area (Å²) in [6.45, 7) is 0.491. The van der Waals surface area contributed by atoms with Gasteiger partial charge in [-0.25, -0.2) is 14.4 Å². The van der Waals surface area contributed by atoms with Gasteiger partial charge in [-0.15, -0.1) is 0 Å². The number of halogens is 2. The standard InChI is InChI=1S/C20H17ClFN5O/c21-13-3-8-16-17(10-13)26-19(25-16)2-1-9-24-20(28)18-11-23-12-27(18)15-6-4-14(22)5-7-15/h3-8,10-12H,1-2,9H2,(H,24,28)(H,25,26). The first kappa shape index (κ1) is 18.2. The van der Waals surface area contributed by atoms with Crippen LogP contribution in [0.15, 0.2) is 55.0 Å². The van der Waals surface area contributed by atoms with Crippen molar-refractivity contribution in [2.75, 3.05) is 6.54 Å². The van der Waals surface area contributed by atoms with Crippen LogP contribution < -0.4 is 5.32 Å². The Morgan fingerprint density at radius 2 is 2.04 bits per heavy atom. The zero-order chi connectivity index (χ0) is 19.5. The van der Waals surface area contributed by atoms with E-state index in [0.717, 1.165) is 23.3 Å². The van der Waals surface area contributed by atoms with E-state index in [1.807, 2.05) is 12.1 Å². The Kier molecular flexibility index (Phi) is 5.08. The van der Waals surface area contributed by atoms with Crippen molar-refractivity contribution in [3.05, 3.63) is 77.3 Å². The molecular weight excluding hydrogens is 381 g/mol. The van der Waals surface area contributed by atoms with Gasteiger partial charge in [0, 0.05) is 23.7 Å². The summed E-state index contributed by atoms with van der Waals surface area (Å²) >= 11 is 5.98. The highest BCUT2D eigenvalue weighted by Gasteiger charge is 2.13. The van der Waals surface area contributed by atoms with Crippen molar-refractivity contribution < 1.29 is 9.18 Å². The molecule has 0 bridgehead atoms. The maximum Gasteiger partial charge on any atom is 0.269 e. The number of aromatic amines is 1. The van der Waals surface area contributed by atoms with E-state index in [1.54, 1.807) is 22.8 Å². The third kappa shape index (κ3) is 3.89. The molecule has 4 rings (SSSR count). The quantitative estimate of drug-likeness (QED) is 0.484. The van der Waals surface area contributed by atoms with E-state index in [0.29, 0.717) is 29.4 Å². The van der Waals surface area contributed by atoms with Crippen molar-refractivity contribution in [1.82, 2.24) is 24.8 Å². The molecule has 0 spiro atoms. The molecule has 0 aliphatic heterocycles. The van der Waals surface area contributed by atoms with Gasteiger partial charge in [0.1, 0.15) is 17.3 Å². The van der Waals surface area contributed by atoms with Gasteiger partial charge >= 0.3 is 0 Å². The number of imidazole rings is 2. The van der Waals surface area contributed by atoms with Gasteiger partial charge in [0.2, 0.25) is 0 Å². The molecule has 2 aromatic carbocycles. The third-order valence-corrected chi connectivity index (χ3v) is 4.58. The van der Waals surface area contributed by atoms with E-state index >= 15 is 0 Å². The minimum atomic E-state index is -0.331. The normalized spacial score (nSPS) is 11.1. The number of H-pyrrole nitrogens is 1. The van der Waals surface area contributed by atoms with E-state index in [1.165, 1.54) is 24.7 Å². The molecule has 8 heteroatoms. The summed E-state index contributed by atoms with van der Waals surface area (Å²) in [7, 11) is 0.